The third kappa shape index (κ3) is 8.28. The number of H-pyrrole nitrogens is 1. The minimum absolute atomic E-state index is 0.276. The first-order chi connectivity index (χ1) is 28.5. The molecule has 3 N–H and O–H groups in total. The summed E-state index contributed by atoms with van der Waals surface area (Å²) in [6, 6.07) is 11.4. The quantitative estimate of drug-likeness (QED) is 0.112. The molecule has 4 aromatic heterocycles. The first-order valence-electron chi connectivity index (χ1n) is 19.1. The van der Waals surface area contributed by atoms with Crippen LogP contribution in [-0.4, -0.2) is 68.9 Å². The normalized spacial score (nSPS) is 12.2. The predicted molar refractivity (Wildman–Crippen MR) is 232 cm³/mol. The van der Waals surface area contributed by atoms with Crippen LogP contribution in [0.25, 0.3) is 22.8 Å². The van der Waals surface area contributed by atoms with Crippen LogP contribution >= 0.6 is 31.9 Å². The molecule has 306 valence electrons. The van der Waals surface area contributed by atoms with E-state index in [-0.39, 0.29) is 11.9 Å². The number of esters is 2. The number of anilines is 4. The summed E-state index contributed by atoms with van der Waals surface area (Å²) in [6.45, 7) is 8.15. The SMILES string of the molecule is CCOC(=O)c1c(C)[nH]c2c1CCc1cnc(Nc3ccc(Br)cc3OC)nc1-2.CCOC(=O)c1c2c(n(C)c1C)-c1nc(Nc3ccc(Br)cc3OC)ncc1CC2. The van der Waals surface area contributed by atoms with E-state index in [0.717, 1.165) is 102 Å². The second-order valence-electron chi connectivity index (χ2n) is 13.8. The lowest BCUT2D eigenvalue weighted by atomic mass is 9.92. The van der Waals surface area contributed by atoms with E-state index in [2.05, 4.69) is 57.4 Å². The number of benzene rings is 2. The van der Waals surface area contributed by atoms with Gasteiger partial charge in [0.05, 0.1) is 72.7 Å². The van der Waals surface area contributed by atoms with Crippen LogP contribution < -0.4 is 20.1 Å². The van der Waals surface area contributed by atoms with Crippen molar-refractivity contribution in [3.63, 3.8) is 0 Å². The molecule has 0 fully saturated rings. The van der Waals surface area contributed by atoms with Gasteiger partial charge in [-0.15, -0.1) is 0 Å². The standard InChI is InChI=1S/C22H23BrN4O3.C21H21BrN4O3/c1-5-30-21(28)18-12(2)27(3)20-15(18)8-6-13-11-24-22(26-19(13)20)25-16-9-7-14(23)10-17(16)29-4;1-4-29-20(27)17-11(2)24-19-14(17)7-5-12-10-23-21(26-18(12)19)25-15-8-6-13(22)9-16(15)28-3/h7,9-11H,5-6,8H2,1-4H3,(H,24,25,26);6,8-10,24H,4-5,7H2,1-3H3,(H,23,25,26). The van der Waals surface area contributed by atoms with Crippen LogP contribution in [-0.2, 0) is 42.2 Å². The molecule has 4 heterocycles. The summed E-state index contributed by atoms with van der Waals surface area (Å²) in [4.78, 5) is 46.8. The van der Waals surface area contributed by atoms with E-state index in [1.807, 2.05) is 88.1 Å². The fourth-order valence-corrected chi connectivity index (χ4v) is 8.20. The second kappa shape index (κ2) is 17.6. The Labute approximate surface area is 358 Å². The summed E-state index contributed by atoms with van der Waals surface area (Å²) in [7, 11) is 5.20. The maximum atomic E-state index is 12.6. The van der Waals surface area contributed by atoms with Crippen molar-refractivity contribution < 1.29 is 28.5 Å². The van der Waals surface area contributed by atoms with Crippen molar-refractivity contribution >= 4 is 67.1 Å². The van der Waals surface area contributed by atoms with Crippen molar-refractivity contribution in [2.45, 2.75) is 53.4 Å². The van der Waals surface area contributed by atoms with Crippen molar-refractivity contribution in [3.05, 3.63) is 103 Å². The summed E-state index contributed by atoms with van der Waals surface area (Å²) in [5, 5.41) is 6.47. The number of aromatic nitrogens is 6. The summed E-state index contributed by atoms with van der Waals surface area (Å²) in [5.41, 5.74) is 12.0. The van der Waals surface area contributed by atoms with Crippen molar-refractivity contribution in [2.75, 3.05) is 38.1 Å². The second-order valence-corrected chi connectivity index (χ2v) is 15.7. The molecule has 8 rings (SSSR count). The highest BCUT2D eigenvalue weighted by atomic mass is 79.9. The lowest BCUT2D eigenvalue weighted by Gasteiger charge is -2.19. The molecule has 14 nitrogen and oxygen atoms in total. The molecule has 0 saturated heterocycles. The number of hydrogen-bond donors (Lipinski definition) is 3. The molecule has 0 bridgehead atoms. The van der Waals surface area contributed by atoms with Gasteiger partial charge in [0, 0.05) is 39.8 Å². The van der Waals surface area contributed by atoms with E-state index >= 15 is 0 Å². The number of methoxy groups -OCH3 is 2. The van der Waals surface area contributed by atoms with E-state index in [1.54, 1.807) is 14.2 Å². The lowest BCUT2D eigenvalue weighted by molar-refractivity contribution is 0.0514. The first kappa shape index (κ1) is 41.4. The van der Waals surface area contributed by atoms with Crippen LogP contribution in [0.2, 0.25) is 0 Å². The molecular weight excluding hydrogens is 884 g/mol. The molecule has 0 unspecified atom stereocenters. The third-order valence-corrected chi connectivity index (χ3v) is 11.3. The summed E-state index contributed by atoms with van der Waals surface area (Å²) in [6.07, 6.45) is 6.74. The zero-order valence-corrected chi connectivity index (χ0v) is 37.0. The molecule has 0 aliphatic heterocycles. The van der Waals surface area contributed by atoms with Crippen molar-refractivity contribution in [1.29, 1.82) is 0 Å². The molecule has 59 heavy (non-hydrogen) atoms. The van der Waals surface area contributed by atoms with Gasteiger partial charge in [-0.25, -0.2) is 29.5 Å². The Kier molecular flexibility index (Phi) is 12.4. The molecule has 16 heteroatoms. The van der Waals surface area contributed by atoms with Gasteiger partial charge in [-0.3, -0.25) is 0 Å². The molecule has 0 spiro atoms. The van der Waals surface area contributed by atoms with Crippen LogP contribution in [0.1, 0.15) is 68.2 Å². The minimum Gasteiger partial charge on any atom is -0.495 e. The van der Waals surface area contributed by atoms with Crippen LogP contribution in [0.3, 0.4) is 0 Å². The van der Waals surface area contributed by atoms with Gasteiger partial charge in [-0.2, -0.15) is 0 Å². The molecule has 2 aliphatic rings. The highest BCUT2D eigenvalue weighted by Crippen LogP contribution is 2.39. The number of ether oxygens (including phenoxy) is 4. The Morgan fingerprint density at radius 2 is 1.25 bits per heavy atom. The average Bonchev–Trinajstić information content (AvgIpc) is 3.71. The zero-order chi connectivity index (χ0) is 42.0. The van der Waals surface area contributed by atoms with Crippen molar-refractivity contribution in [3.8, 4) is 34.3 Å². The number of aromatic amines is 1. The lowest BCUT2D eigenvalue weighted by Crippen LogP contribution is -2.12. The smallest absolute Gasteiger partial charge is 0.340 e. The number of nitrogens with zero attached hydrogens (tertiary/aromatic N) is 5. The Morgan fingerprint density at radius 3 is 1.80 bits per heavy atom. The van der Waals surface area contributed by atoms with Gasteiger partial charge in [0.2, 0.25) is 11.9 Å². The topological polar surface area (TPSA) is 167 Å². The van der Waals surface area contributed by atoms with Crippen LogP contribution in [0.4, 0.5) is 23.3 Å². The Balaban J connectivity index is 0.000000179. The molecule has 0 saturated carbocycles. The summed E-state index contributed by atoms with van der Waals surface area (Å²) in [5.74, 6) is 1.73. The van der Waals surface area contributed by atoms with E-state index in [0.29, 0.717) is 47.7 Å². The fraction of sp³-hybridized carbons (Fsp3) is 0.302. The highest BCUT2D eigenvalue weighted by molar-refractivity contribution is 9.10. The maximum Gasteiger partial charge on any atom is 0.340 e. The van der Waals surface area contributed by atoms with Crippen molar-refractivity contribution in [2.24, 2.45) is 7.05 Å². The molecular formula is C43H44Br2N8O6. The van der Waals surface area contributed by atoms with Gasteiger partial charge in [-0.05, 0) is 112 Å². The molecule has 6 aromatic rings. The van der Waals surface area contributed by atoms with Crippen molar-refractivity contribution in [1.82, 2.24) is 29.5 Å². The number of nitrogens with one attached hydrogen (secondary N) is 3. The molecule has 0 amide bonds. The number of aryl methyl sites for hydroxylation is 3. The zero-order valence-electron chi connectivity index (χ0n) is 33.8. The van der Waals surface area contributed by atoms with E-state index < -0.39 is 0 Å². The largest absolute Gasteiger partial charge is 0.495 e. The predicted octanol–water partition coefficient (Wildman–Crippen LogP) is 9.15. The van der Waals surface area contributed by atoms with E-state index in [9.17, 15) is 9.59 Å². The summed E-state index contributed by atoms with van der Waals surface area (Å²) >= 11 is 6.89. The minimum atomic E-state index is -0.294. The molecule has 0 atom stereocenters. The summed E-state index contributed by atoms with van der Waals surface area (Å²) < 4.78 is 25.3. The molecule has 2 aromatic carbocycles. The Hall–Kier alpha value is -5.74. The van der Waals surface area contributed by atoms with E-state index in [1.165, 1.54) is 0 Å². The van der Waals surface area contributed by atoms with Crippen LogP contribution in [0, 0.1) is 13.8 Å². The maximum absolute atomic E-state index is 12.6. The van der Waals surface area contributed by atoms with E-state index in [4.69, 9.17) is 28.9 Å². The average molecular weight is 929 g/mol. The fourth-order valence-electron chi connectivity index (χ4n) is 7.52. The third-order valence-electron chi connectivity index (χ3n) is 10.3. The van der Waals surface area contributed by atoms with Gasteiger partial charge in [0.15, 0.2) is 0 Å². The van der Waals surface area contributed by atoms with Crippen LogP contribution in [0.5, 0.6) is 11.5 Å². The van der Waals surface area contributed by atoms with Gasteiger partial charge < -0.3 is 39.1 Å². The highest BCUT2D eigenvalue weighted by Gasteiger charge is 2.31. The first-order valence-corrected chi connectivity index (χ1v) is 20.7. The Morgan fingerprint density at radius 1 is 0.746 bits per heavy atom. The van der Waals surface area contributed by atoms with Gasteiger partial charge in [0.25, 0.3) is 0 Å². The molecule has 2 aliphatic carbocycles. The number of carbonyl (C=O) groups excluding carboxylic acids is 2. The number of hydrogen-bond acceptors (Lipinski definition) is 12. The van der Waals surface area contributed by atoms with Gasteiger partial charge in [-0.1, -0.05) is 31.9 Å². The number of rotatable bonds is 10. The van der Waals surface area contributed by atoms with Gasteiger partial charge in [0.1, 0.15) is 11.5 Å². The molecule has 0 radical (unpaired) electrons. The monoisotopic (exact) mass is 926 g/mol. The Bertz CT molecular complexity index is 2590. The number of carbonyl (C=O) groups is 2. The van der Waals surface area contributed by atoms with Crippen LogP contribution in [0.15, 0.2) is 57.7 Å². The number of halogens is 2. The van der Waals surface area contributed by atoms with Gasteiger partial charge >= 0.3 is 11.9 Å². The number of fused-ring (bicyclic) bond motifs is 6.